The Morgan fingerprint density at radius 1 is 0.952 bits per heavy atom. The molecule has 0 fully saturated rings. The van der Waals surface area contributed by atoms with E-state index in [4.69, 9.17) is 0 Å². The second kappa shape index (κ2) is 4.41. The first-order chi connectivity index (χ1) is 10.1. The number of phenols is 2. The van der Waals surface area contributed by atoms with Gasteiger partial charge in [-0.05, 0) is 17.3 Å². The van der Waals surface area contributed by atoms with Crippen LogP contribution in [0.2, 0.25) is 0 Å². The predicted molar refractivity (Wildman–Crippen MR) is 76.9 cm³/mol. The van der Waals surface area contributed by atoms with Crippen molar-refractivity contribution >= 4 is 32.9 Å². The number of aromatic hydroxyl groups is 2. The lowest BCUT2D eigenvalue weighted by Crippen LogP contribution is -1.92. The Morgan fingerprint density at radius 3 is 2.14 bits per heavy atom. The molecule has 0 unspecified atom stereocenters. The van der Waals surface area contributed by atoms with Crippen molar-refractivity contribution < 1.29 is 15.1 Å². The van der Waals surface area contributed by atoms with Crippen molar-refractivity contribution in [3.63, 3.8) is 0 Å². The smallest absolute Gasteiger partial charge is 0.310 e. The lowest BCUT2D eigenvalue weighted by molar-refractivity contribution is -0.382. The minimum Gasteiger partial charge on any atom is -0.507 e. The van der Waals surface area contributed by atoms with E-state index in [-0.39, 0.29) is 27.7 Å². The maximum absolute atomic E-state index is 11.2. The van der Waals surface area contributed by atoms with Crippen molar-refractivity contribution in [2.75, 3.05) is 0 Å². The second-order valence-corrected chi connectivity index (χ2v) is 4.45. The fraction of sp³-hybridized carbons (Fsp3) is 0. The van der Waals surface area contributed by atoms with Gasteiger partial charge in [-0.1, -0.05) is 24.3 Å². The highest BCUT2D eigenvalue weighted by molar-refractivity contribution is 6.15. The van der Waals surface area contributed by atoms with Gasteiger partial charge in [0.15, 0.2) is 5.69 Å². The average Bonchev–Trinajstić information content (AvgIpc) is 2.51. The van der Waals surface area contributed by atoms with Gasteiger partial charge in [-0.2, -0.15) is 0 Å². The van der Waals surface area contributed by atoms with E-state index in [0.29, 0.717) is 5.39 Å². The normalized spacial score (nSPS) is 10.9. The highest BCUT2D eigenvalue weighted by Gasteiger charge is 2.25. The van der Waals surface area contributed by atoms with Crippen molar-refractivity contribution in [2.45, 2.75) is 0 Å². The molecule has 0 heterocycles. The summed E-state index contributed by atoms with van der Waals surface area (Å²) < 4.78 is 0. The van der Waals surface area contributed by atoms with E-state index in [9.17, 15) is 25.2 Å². The summed E-state index contributed by atoms with van der Waals surface area (Å²) in [4.78, 5) is 21.1. The Labute approximate surface area is 117 Å². The standard InChI is InChI=1S/C14H8N2O5/c17-13-7-3-1-2-4-8(7)14(18)11-9(13)5-6-10(15-19)12(11)16(20)21/h1-6,17-18H. The third-order valence-electron chi connectivity index (χ3n) is 3.37. The predicted octanol–water partition coefficient (Wildman–Crippen LogP) is 3.71. The Morgan fingerprint density at radius 2 is 1.57 bits per heavy atom. The van der Waals surface area contributed by atoms with Gasteiger partial charge in [-0.15, -0.1) is 4.91 Å². The van der Waals surface area contributed by atoms with Crippen LogP contribution in [-0.4, -0.2) is 15.1 Å². The first kappa shape index (κ1) is 12.8. The number of benzene rings is 3. The lowest BCUT2D eigenvalue weighted by atomic mass is 9.99. The van der Waals surface area contributed by atoms with Gasteiger partial charge in [0.05, 0.1) is 4.92 Å². The van der Waals surface area contributed by atoms with Crippen LogP contribution in [0.4, 0.5) is 11.4 Å². The third-order valence-corrected chi connectivity index (χ3v) is 3.37. The number of nitro groups is 1. The van der Waals surface area contributed by atoms with E-state index in [1.54, 1.807) is 18.2 Å². The summed E-state index contributed by atoms with van der Waals surface area (Å²) in [6.07, 6.45) is 0. The Kier molecular flexibility index (Phi) is 2.69. The molecule has 0 saturated carbocycles. The van der Waals surface area contributed by atoms with E-state index in [1.165, 1.54) is 12.1 Å². The minimum absolute atomic E-state index is 0.0882. The second-order valence-electron chi connectivity index (χ2n) is 4.45. The van der Waals surface area contributed by atoms with Gasteiger partial charge in [0.2, 0.25) is 0 Å². The van der Waals surface area contributed by atoms with Crippen molar-refractivity contribution in [3.8, 4) is 11.5 Å². The topological polar surface area (TPSA) is 113 Å². The number of rotatable bonds is 2. The molecule has 0 aromatic heterocycles. The van der Waals surface area contributed by atoms with Crippen LogP contribution >= 0.6 is 0 Å². The van der Waals surface area contributed by atoms with Crippen molar-refractivity contribution in [3.05, 3.63) is 51.4 Å². The largest absolute Gasteiger partial charge is 0.507 e. The molecule has 104 valence electrons. The zero-order valence-electron chi connectivity index (χ0n) is 10.5. The van der Waals surface area contributed by atoms with Gasteiger partial charge in [-0.3, -0.25) is 10.1 Å². The number of hydrogen-bond acceptors (Lipinski definition) is 6. The maximum Gasteiger partial charge on any atom is 0.310 e. The van der Waals surface area contributed by atoms with E-state index < -0.39 is 16.3 Å². The molecule has 0 spiro atoms. The van der Waals surface area contributed by atoms with Gasteiger partial charge in [0.25, 0.3) is 0 Å². The summed E-state index contributed by atoms with van der Waals surface area (Å²) in [6.45, 7) is 0. The van der Waals surface area contributed by atoms with Crippen LogP contribution < -0.4 is 0 Å². The zero-order valence-corrected chi connectivity index (χ0v) is 10.5. The summed E-state index contributed by atoms with van der Waals surface area (Å²) >= 11 is 0. The molecule has 0 atom stereocenters. The fourth-order valence-corrected chi connectivity index (χ4v) is 2.45. The van der Waals surface area contributed by atoms with E-state index >= 15 is 0 Å². The van der Waals surface area contributed by atoms with Crippen molar-refractivity contribution in [2.24, 2.45) is 5.18 Å². The van der Waals surface area contributed by atoms with Crippen molar-refractivity contribution in [1.82, 2.24) is 0 Å². The number of nitroso groups, excluding NO2 is 1. The number of fused-ring (bicyclic) bond motifs is 2. The molecule has 0 aliphatic carbocycles. The molecule has 0 radical (unpaired) electrons. The number of nitro benzene ring substituents is 1. The quantitative estimate of drug-likeness (QED) is 0.245. The van der Waals surface area contributed by atoms with Crippen LogP contribution in [0, 0.1) is 15.0 Å². The Balaban J connectivity index is 2.66. The van der Waals surface area contributed by atoms with Gasteiger partial charge in [0, 0.05) is 16.2 Å². The molecule has 3 rings (SSSR count). The molecule has 0 bridgehead atoms. The SMILES string of the molecule is O=Nc1ccc2c(O)c3ccccc3c(O)c2c1[N+](=O)[O-]. The molecular formula is C14H8N2O5. The summed E-state index contributed by atoms with van der Waals surface area (Å²) in [5.41, 5.74) is -1.03. The number of nitrogens with zero attached hydrogens (tertiary/aromatic N) is 2. The fourth-order valence-electron chi connectivity index (χ4n) is 2.45. The minimum atomic E-state index is -0.799. The van der Waals surface area contributed by atoms with Crippen LogP contribution in [-0.2, 0) is 0 Å². The van der Waals surface area contributed by atoms with Crippen LogP contribution in [0.1, 0.15) is 0 Å². The lowest BCUT2D eigenvalue weighted by Gasteiger charge is -2.10. The molecule has 0 amide bonds. The van der Waals surface area contributed by atoms with Gasteiger partial charge in [-0.25, -0.2) is 0 Å². The molecule has 7 nitrogen and oxygen atoms in total. The molecule has 2 N–H and O–H groups in total. The Hall–Kier alpha value is -3.22. The molecule has 7 heteroatoms. The van der Waals surface area contributed by atoms with Gasteiger partial charge < -0.3 is 10.2 Å². The maximum atomic E-state index is 11.2. The molecule has 0 saturated heterocycles. The number of hydrogen-bond donors (Lipinski definition) is 2. The van der Waals surface area contributed by atoms with Crippen LogP contribution in [0.3, 0.4) is 0 Å². The molecule has 3 aromatic rings. The summed E-state index contributed by atoms with van der Waals surface area (Å²) in [5.74, 6) is -0.561. The van der Waals surface area contributed by atoms with Crippen LogP contribution in [0.25, 0.3) is 21.5 Å². The summed E-state index contributed by atoms with van der Waals surface area (Å²) in [5, 5.41) is 34.9. The van der Waals surface area contributed by atoms with E-state index in [1.807, 2.05) is 0 Å². The monoisotopic (exact) mass is 284 g/mol. The van der Waals surface area contributed by atoms with Crippen molar-refractivity contribution in [1.29, 1.82) is 0 Å². The summed E-state index contributed by atoms with van der Waals surface area (Å²) in [7, 11) is 0. The highest BCUT2D eigenvalue weighted by atomic mass is 16.6. The zero-order chi connectivity index (χ0) is 15.1. The number of phenolic OH excluding ortho intramolecular Hbond substituents is 2. The van der Waals surface area contributed by atoms with Gasteiger partial charge in [0.1, 0.15) is 16.9 Å². The van der Waals surface area contributed by atoms with Crippen LogP contribution in [0.5, 0.6) is 11.5 Å². The summed E-state index contributed by atoms with van der Waals surface area (Å²) in [6, 6.07) is 8.86. The van der Waals surface area contributed by atoms with Crippen LogP contribution in [0.15, 0.2) is 41.6 Å². The van der Waals surface area contributed by atoms with E-state index in [0.717, 1.165) is 6.07 Å². The first-order valence-electron chi connectivity index (χ1n) is 5.93. The van der Waals surface area contributed by atoms with Gasteiger partial charge >= 0.3 is 5.69 Å². The molecule has 3 aromatic carbocycles. The van der Waals surface area contributed by atoms with E-state index in [2.05, 4.69) is 5.18 Å². The molecule has 0 aliphatic rings. The molecule has 21 heavy (non-hydrogen) atoms. The highest BCUT2D eigenvalue weighted by Crippen LogP contribution is 2.47. The molecular weight excluding hydrogens is 276 g/mol. The third kappa shape index (κ3) is 1.68. The molecule has 0 aliphatic heterocycles. The average molecular weight is 284 g/mol. The Bertz CT molecular complexity index is 920. The first-order valence-corrected chi connectivity index (χ1v) is 5.93.